The molecule has 2 heterocycles. The SMILES string of the molecule is CCNC(=NCCCC(=O)N1CCc2ccccc21)NC1CCCSC1. The zero-order valence-corrected chi connectivity index (χ0v) is 16.5. The fraction of sp³-hybridized carbons (Fsp3) is 0.600. The number of hydrogen-bond acceptors (Lipinski definition) is 3. The van der Waals surface area contributed by atoms with Crippen molar-refractivity contribution >= 4 is 29.3 Å². The van der Waals surface area contributed by atoms with Crippen LogP contribution in [0.3, 0.4) is 0 Å². The number of amides is 1. The summed E-state index contributed by atoms with van der Waals surface area (Å²) < 4.78 is 0. The third kappa shape index (κ3) is 5.16. The molecule has 0 aromatic heterocycles. The molecule has 5 nitrogen and oxygen atoms in total. The molecule has 1 aromatic rings. The van der Waals surface area contributed by atoms with Crippen LogP contribution in [-0.2, 0) is 11.2 Å². The van der Waals surface area contributed by atoms with E-state index in [2.05, 4.69) is 28.6 Å². The van der Waals surface area contributed by atoms with Crippen LogP contribution in [0, 0.1) is 0 Å². The minimum atomic E-state index is 0.215. The molecule has 1 fully saturated rings. The number of rotatable bonds is 6. The Morgan fingerprint density at radius 1 is 1.38 bits per heavy atom. The quantitative estimate of drug-likeness (QED) is 0.457. The molecule has 142 valence electrons. The zero-order valence-electron chi connectivity index (χ0n) is 15.7. The number of hydrogen-bond donors (Lipinski definition) is 2. The van der Waals surface area contributed by atoms with Crippen LogP contribution in [0.15, 0.2) is 29.3 Å². The van der Waals surface area contributed by atoms with Gasteiger partial charge in [0.2, 0.25) is 5.91 Å². The van der Waals surface area contributed by atoms with E-state index in [0.29, 0.717) is 19.0 Å². The number of aliphatic imine (C=N–C) groups is 1. The summed E-state index contributed by atoms with van der Waals surface area (Å²) in [4.78, 5) is 19.1. The molecule has 0 saturated carbocycles. The number of carbonyl (C=O) groups excluding carboxylic acids is 1. The van der Waals surface area contributed by atoms with Crippen LogP contribution in [0.25, 0.3) is 0 Å². The summed E-state index contributed by atoms with van der Waals surface area (Å²) in [6.45, 7) is 4.43. The number of anilines is 1. The molecule has 1 atom stereocenters. The highest BCUT2D eigenvalue weighted by atomic mass is 32.2. The summed E-state index contributed by atoms with van der Waals surface area (Å²) in [6, 6.07) is 8.72. The molecule has 1 saturated heterocycles. The topological polar surface area (TPSA) is 56.7 Å². The lowest BCUT2D eigenvalue weighted by atomic mass is 10.2. The minimum Gasteiger partial charge on any atom is -0.357 e. The number of nitrogens with zero attached hydrogens (tertiary/aromatic N) is 2. The number of benzene rings is 1. The molecule has 2 aliphatic heterocycles. The lowest BCUT2D eigenvalue weighted by Crippen LogP contribution is -2.45. The van der Waals surface area contributed by atoms with Gasteiger partial charge in [0.15, 0.2) is 5.96 Å². The van der Waals surface area contributed by atoms with Gasteiger partial charge in [0.1, 0.15) is 0 Å². The normalized spacial score (nSPS) is 20.0. The highest BCUT2D eigenvalue weighted by Crippen LogP contribution is 2.28. The molecule has 0 aliphatic carbocycles. The smallest absolute Gasteiger partial charge is 0.227 e. The Bertz CT molecular complexity index is 628. The molecule has 0 radical (unpaired) electrons. The largest absolute Gasteiger partial charge is 0.357 e. The van der Waals surface area contributed by atoms with Crippen molar-refractivity contribution in [2.24, 2.45) is 4.99 Å². The number of carbonyl (C=O) groups is 1. The summed E-state index contributed by atoms with van der Waals surface area (Å²) in [7, 11) is 0. The predicted octanol–water partition coefficient (Wildman–Crippen LogP) is 2.81. The average Bonchev–Trinajstić information content (AvgIpc) is 3.10. The van der Waals surface area contributed by atoms with Gasteiger partial charge in [0, 0.05) is 43.5 Å². The van der Waals surface area contributed by atoms with Gasteiger partial charge in [-0.3, -0.25) is 9.79 Å². The van der Waals surface area contributed by atoms with E-state index in [1.807, 2.05) is 34.9 Å². The monoisotopic (exact) mass is 374 g/mol. The number of thioether (sulfide) groups is 1. The molecule has 0 bridgehead atoms. The summed E-state index contributed by atoms with van der Waals surface area (Å²) in [5, 5.41) is 6.86. The van der Waals surface area contributed by atoms with Crippen molar-refractivity contribution in [1.82, 2.24) is 10.6 Å². The van der Waals surface area contributed by atoms with Crippen LogP contribution in [-0.4, -0.2) is 49.0 Å². The Kier molecular flexibility index (Phi) is 7.23. The van der Waals surface area contributed by atoms with Gasteiger partial charge in [0.25, 0.3) is 0 Å². The van der Waals surface area contributed by atoms with E-state index in [-0.39, 0.29) is 5.91 Å². The molecular formula is C20H30N4OS. The molecule has 2 aliphatic rings. The molecule has 3 rings (SSSR count). The summed E-state index contributed by atoms with van der Waals surface area (Å²) in [5.41, 5.74) is 2.37. The lowest BCUT2D eigenvalue weighted by molar-refractivity contribution is -0.118. The second-order valence-corrected chi connectivity index (χ2v) is 8.00. The van der Waals surface area contributed by atoms with Crippen LogP contribution in [0.5, 0.6) is 0 Å². The summed E-state index contributed by atoms with van der Waals surface area (Å²) in [5.74, 6) is 3.52. The lowest BCUT2D eigenvalue weighted by Gasteiger charge is -2.24. The predicted molar refractivity (Wildman–Crippen MR) is 111 cm³/mol. The number of nitrogens with one attached hydrogen (secondary N) is 2. The van der Waals surface area contributed by atoms with Gasteiger partial charge in [0.05, 0.1) is 0 Å². The average molecular weight is 375 g/mol. The van der Waals surface area contributed by atoms with Crippen molar-refractivity contribution < 1.29 is 4.79 Å². The van der Waals surface area contributed by atoms with Crippen molar-refractivity contribution in [3.63, 3.8) is 0 Å². The van der Waals surface area contributed by atoms with E-state index in [4.69, 9.17) is 0 Å². The number of guanidine groups is 1. The van der Waals surface area contributed by atoms with Crippen molar-refractivity contribution in [2.45, 2.75) is 45.1 Å². The van der Waals surface area contributed by atoms with Gasteiger partial charge in [-0.15, -0.1) is 0 Å². The molecule has 1 amide bonds. The van der Waals surface area contributed by atoms with Crippen LogP contribution < -0.4 is 15.5 Å². The van der Waals surface area contributed by atoms with E-state index < -0.39 is 0 Å². The second-order valence-electron chi connectivity index (χ2n) is 6.85. The maximum atomic E-state index is 12.5. The highest BCUT2D eigenvalue weighted by Gasteiger charge is 2.23. The fourth-order valence-electron chi connectivity index (χ4n) is 3.52. The Hall–Kier alpha value is -1.69. The molecule has 2 N–H and O–H groups in total. The molecule has 0 spiro atoms. The van der Waals surface area contributed by atoms with Crippen LogP contribution in [0.2, 0.25) is 0 Å². The van der Waals surface area contributed by atoms with Crippen molar-refractivity contribution in [3.05, 3.63) is 29.8 Å². The standard InChI is InChI=1S/C20H30N4OS/c1-2-21-20(23-17-8-6-14-26-15-17)22-12-5-10-19(25)24-13-11-16-7-3-4-9-18(16)24/h3-4,7,9,17H,2,5-6,8,10-15H2,1H3,(H2,21,22,23). The van der Waals surface area contributed by atoms with E-state index in [0.717, 1.165) is 43.3 Å². The highest BCUT2D eigenvalue weighted by molar-refractivity contribution is 7.99. The first-order valence-electron chi connectivity index (χ1n) is 9.79. The maximum Gasteiger partial charge on any atom is 0.227 e. The first kappa shape index (κ1) is 19.1. The Morgan fingerprint density at radius 2 is 2.27 bits per heavy atom. The van der Waals surface area contributed by atoms with Gasteiger partial charge < -0.3 is 15.5 Å². The second kappa shape index (κ2) is 9.86. The first-order chi connectivity index (χ1) is 12.8. The van der Waals surface area contributed by atoms with E-state index in [9.17, 15) is 4.79 Å². The van der Waals surface area contributed by atoms with Crippen LogP contribution >= 0.6 is 11.8 Å². The fourth-order valence-corrected chi connectivity index (χ4v) is 4.59. The van der Waals surface area contributed by atoms with Gasteiger partial charge in [-0.05, 0) is 50.0 Å². The molecule has 26 heavy (non-hydrogen) atoms. The van der Waals surface area contributed by atoms with Gasteiger partial charge >= 0.3 is 0 Å². The molecule has 1 unspecified atom stereocenters. The number of fused-ring (bicyclic) bond motifs is 1. The van der Waals surface area contributed by atoms with Crippen molar-refractivity contribution in [3.8, 4) is 0 Å². The van der Waals surface area contributed by atoms with E-state index >= 15 is 0 Å². The van der Waals surface area contributed by atoms with Crippen LogP contribution in [0.1, 0.15) is 38.2 Å². The summed E-state index contributed by atoms with van der Waals surface area (Å²) in [6.07, 6.45) is 4.79. The summed E-state index contributed by atoms with van der Waals surface area (Å²) >= 11 is 2.01. The Labute approximate surface area is 161 Å². The Morgan fingerprint density at radius 3 is 3.08 bits per heavy atom. The van der Waals surface area contributed by atoms with Gasteiger partial charge in [-0.2, -0.15) is 11.8 Å². The van der Waals surface area contributed by atoms with Crippen molar-refractivity contribution in [2.75, 3.05) is 36.0 Å². The van der Waals surface area contributed by atoms with Gasteiger partial charge in [-0.1, -0.05) is 18.2 Å². The minimum absolute atomic E-state index is 0.215. The third-order valence-electron chi connectivity index (χ3n) is 4.85. The number of para-hydroxylation sites is 1. The van der Waals surface area contributed by atoms with Crippen molar-refractivity contribution in [1.29, 1.82) is 0 Å². The third-order valence-corrected chi connectivity index (χ3v) is 6.07. The molecule has 1 aromatic carbocycles. The van der Waals surface area contributed by atoms with E-state index in [1.54, 1.807) is 0 Å². The molecular weight excluding hydrogens is 344 g/mol. The zero-order chi connectivity index (χ0) is 18.2. The first-order valence-corrected chi connectivity index (χ1v) is 10.9. The van der Waals surface area contributed by atoms with Gasteiger partial charge in [-0.25, -0.2) is 0 Å². The van der Waals surface area contributed by atoms with Crippen LogP contribution in [0.4, 0.5) is 5.69 Å². The Balaban J connectivity index is 1.45. The molecule has 6 heteroatoms. The van der Waals surface area contributed by atoms with E-state index in [1.165, 1.54) is 24.2 Å². The maximum absolute atomic E-state index is 12.5.